The predicted octanol–water partition coefficient (Wildman–Crippen LogP) is 4.86. The Balaban J connectivity index is 1.65. The van der Waals surface area contributed by atoms with Gasteiger partial charge in [-0.2, -0.15) is 0 Å². The lowest BCUT2D eigenvalue weighted by atomic mass is 9.98. The van der Waals surface area contributed by atoms with Crippen molar-refractivity contribution in [3.63, 3.8) is 0 Å². The van der Waals surface area contributed by atoms with Crippen molar-refractivity contribution in [1.82, 2.24) is 10.6 Å². The normalized spacial score (nSPS) is 20.6. The number of ether oxygens (including phenoxy) is 3. The first-order valence-electron chi connectivity index (χ1n) is 13.2. The molecule has 2 aliphatic rings. The third-order valence-corrected chi connectivity index (χ3v) is 6.43. The highest BCUT2D eigenvalue weighted by molar-refractivity contribution is 6.11. The van der Waals surface area contributed by atoms with Crippen molar-refractivity contribution in [2.75, 3.05) is 13.2 Å². The van der Waals surface area contributed by atoms with Gasteiger partial charge in [0.05, 0.1) is 12.3 Å². The molecule has 0 fully saturated rings. The van der Waals surface area contributed by atoms with Gasteiger partial charge in [-0.15, -0.1) is 0 Å². The largest absolute Gasteiger partial charge is 0.488 e. The number of aliphatic imine (C=N–C) groups is 1. The molecule has 0 aromatic heterocycles. The number of nitrogens with zero attached hydrogens (tertiary/aromatic N) is 1. The number of nitrogens with one attached hydrogen (secondary N) is 3. The highest BCUT2D eigenvalue weighted by Gasteiger charge is 2.20. The number of esters is 1. The van der Waals surface area contributed by atoms with Crippen LogP contribution in [0.4, 0.5) is 0 Å². The molecule has 0 bridgehead atoms. The maximum absolute atomic E-state index is 12.4. The molecule has 0 saturated heterocycles. The molecule has 1 unspecified atom stereocenters. The topological polar surface area (TPSA) is 105 Å². The Hall–Kier alpha value is -4.17. The summed E-state index contributed by atoms with van der Waals surface area (Å²) in [5, 5.41) is 14.2. The van der Waals surface area contributed by atoms with Gasteiger partial charge in [-0.1, -0.05) is 36.4 Å². The van der Waals surface area contributed by atoms with Gasteiger partial charge < -0.3 is 30.3 Å². The lowest BCUT2D eigenvalue weighted by Crippen LogP contribution is -2.25. The molecule has 39 heavy (non-hydrogen) atoms. The monoisotopic (exact) mass is 528 g/mol. The average molecular weight is 529 g/mol. The van der Waals surface area contributed by atoms with E-state index in [9.17, 15) is 4.79 Å². The third kappa shape index (κ3) is 7.03. The van der Waals surface area contributed by atoms with Gasteiger partial charge in [0.2, 0.25) is 5.88 Å². The van der Waals surface area contributed by atoms with Crippen LogP contribution in [-0.2, 0) is 33.8 Å². The summed E-state index contributed by atoms with van der Waals surface area (Å²) in [6, 6.07) is 12.5. The number of carbonyl (C=O) groups is 1. The summed E-state index contributed by atoms with van der Waals surface area (Å²) in [7, 11) is 0. The molecule has 0 aliphatic carbocycles. The summed E-state index contributed by atoms with van der Waals surface area (Å²) >= 11 is 0. The molecule has 204 valence electrons. The van der Waals surface area contributed by atoms with Gasteiger partial charge in [0.15, 0.2) is 6.23 Å². The molecule has 2 aromatic rings. The van der Waals surface area contributed by atoms with Crippen LogP contribution in [0.25, 0.3) is 0 Å². The Morgan fingerprint density at radius 2 is 2.08 bits per heavy atom. The Morgan fingerprint density at radius 3 is 2.87 bits per heavy atom. The lowest BCUT2D eigenvalue weighted by Gasteiger charge is -2.21. The zero-order chi connectivity index (χ0) is 27.8. The number of benzene rings is 2. The Bertz CT molecular complexity index is 1360. The van der Waals surface area contributed by atoms with E-state index < -0.39 is 12.2 Å². The molecule has 2 heterocycles. The smallest absolute Gasteiger partial charge is 0.345 e. The van der Waals surface area contributed by atoms with Crippen LogP contribution < -0.4 is 15.4 Å². The summed E-state index contributed by atoms with van der Waals surface area (Å²) in [4.78, 5) is 17.2. The van der Waals surface area contributed by atoms with Gasteiger partial charge in [-0.3, -0.25) is 0 Å². The second-order valence-electron chi connectivity index (χ2n) is 9.44. The van der Waals surface area contributed by atoms with Gasteiger partial charge in [0.25, 0.3) is 0 Å². The van der Waals surface area contributed by atoms with Gasteiger partial charge in [-0.25, -0.2) is 9.79 Å². The molecule has 3 N–H and O–H groups in total. The fraction of sp³-hybridized carbons (Fsp3) is 0.323. The maximum Gasteiger partial charge on any atom is 0.345 e. The zero-order valence-corrected chi connectivity index (χ0v) is 23.0. The van der Waals surface area contributed by atoms with Crippen LogP contribution in [0.15, 0.2) is 76.8 Å². The molecule has 0 saturated carbocycles. The molecule has 2 aromatic carbocycles. The number of hydrogen-bond acceptors (Lipinski definition) is 8. The van der Waals surface area contributed by atoms with E-state index in [1.165, 1.54) is 11.1 Å². The van der Waals surface area contributed by atoms with E-state index in [-0.39, 0.29) is 18.1 Å². The minimum absolute atomic E-state index is 0.0156. The number of carbonyl (C=O) groups excluding carboxylic acids is 1. The van der Waals surface area contributed by atoms with Crippen molar-refractivity contribution in [2.45, 2.75) is 53.5 Å². The summed E-state index contributed by atoms with van der Waals surface area (Å²) in [6.07, 6.45) is 6.91. The van der Waals surface area contributed by atoms with Crippen molar-refractivity contribution >= 4 is 17.9 Å². The fourth-order valence-corrected chi connectivity index (χ4v) is 4.51. The standard InChI is InChI=1S/C31H36N4O4/c1-5-37-31(36)27(17-32)30-34-21(3)9-7-11-28(35-22(4)39-30)26-10-6-8-20(2)29(26)38-19-23-12-13-25-18-33-15-14-24(25)16-23/h6-13,16-17,22,32-34H,5,14-15,18-19H2,1-4H3/b11-7-,21-9+,30-27-,32-17?,35-28?. The minimum Gasteiger partial charge on any atom is -0.488 e. The molecule has 4 rings (SSSR count). The summed E-state index contributed by atoms with van der Waals surface area (Å²) in [5.74, 6) is 0.233. The van der Waals surface area contributed by atoms with Gasteiger partial charge in [0, 0.05) is 24.0 Å². The SMILES string of the molecule is CCOC(=O)/C(C=N)=C1/N/C(C)=C/C=C\C(c2cccc(C)c2OCc2ccc3c(c2)CCNC3)=NC(C)O1. The summed E-state index contributed by atoms with van der Waals surface area (Å²) in [5.41, 5.74) is 7.07. The quantitative estimate of drug-likeness (QED) is 0.269. The number of allylic oxidation sites excluding steroid dienone is 4. The molecule has 8 heteroatoms. The first kappa shape index (κ1) is 27.9. The van der Waals surface area contributed by atoms with Crippen molar-refractivity contribution in [2.24, 2.45) is 4.99 Å². The van der Waals surface area contributed by atoms with E-state index in [1.54, 1.807) is 13.8 Å². The molecular formula is C31H36N4O4. The third-order valence-electron chi connectivity index (χ3n) is 6.43. The van der Waals surface area contributed by atoms with Gasteiger partial charge in [-0.05, 0) is 81.1 Å². The summed E-state index contributed by atoms with van der Waals surface area (Å²) < 4.78 is 17.6. The first-order chi connectivity index (χ1) is 18.9. The average Bonchev–Trinajstić information content (AvgIpc) is 2.92. The van der Waals surface area contributed by atoms with Crippen molar-refractivity contribution in [1.29, 1.82) is 5.41 Å². The second-order valence-corrected chi connectivity index (χ2v) is 9.44. The zero-order valence-electron chi connectivity index (χ0n) is 23.0. The second kappa shape index (κ2) is 13.1. The molecule has 0 amide bonds. The molecule has 1 atom stereocenters. The highest BCUT2D eigenvalue weighted by Crippen LogP contribution is 2.27. The molecule has 0 spiro atoms. The van der Waals surface area contributed by atoms with Crippen molar-refractivity contribution in [3.8, 4) is 5.75 Å². The van der Waals surface area contributed by atoms with Crippen LogP contribution in [0.3, 0.4) is 0 Å². The van der Waals surface area contributed by atoms with E-state index in [0.29, 0.717) is 12.3 Å². The van der Waals surface area contributed by atoms with E-state index in [1.807, 2.05) is 50.3 Å². The maximum atomic E-state index is 12.4. The number of aryl methyl sites for hydroxylation is 1. The molecule has 8 nitrogen and oxygen atoms in total. The van der Waals surface area contributed by atoms with Crippen LogP contribution in [0, 0.1) is 12.3 Å². The number of fused-ring (bicyclic) bond motifs is 1. The van der Waals surface area contributed by atoms with Crippen molar-refractivity contribution in [3.05, 3.63) is 99.6 Å². The van der Waals surface area contributed by atoms with E-state index >= 15 is 0 Å². The molecule has 0 radical (unpaired) electrons. The molecular weight excluding hydrogens is 492 g/mol. The van der Waals surface area contributed by atoms with E-state index in [2.05, 4.69) is 28.8 Å². The van der Waals surface area contributed by atoms with Crippen LogP contribution >= 0.6 is 0 Å². The summed E-state index contributed by atoms with van der Waals surface area (Å²) in [6.45, 7) is 9.90. The minimum atomic E-state index is -0.676. The van der Waals surface area contributed by atoms with Gasteiger partial charge in [0.1, 0.15) is 17.9 Å². The van der Waals surface area contributed by atoms with E-state index in [4.69, 9.17) is 24.6 Å². The number of rotatable bonds is 7. The highest BCUT2D eigenvalue weighted by atomic mass is 16.5. The Kier molecular flexibility index (Phi) is 9.33. The van der Waals surface area contributed by atoms with Crippen LogP contribution in [0.1, 0.15) is 48.6 Å². The van der Waals surface area contributed by atoms with E-state index in [0.717, 1.165) is 53.9 Å². The van der Waals surface area contributed by atoms with Gasteiger partial charge >= 0.3 is 5.97 Å². The number of hydrogen-bond donors (Lipinski definition) is 3. The Labute approximate surface area is 230 Å². The number of para-hydroxylation sites is 1. The van der Waals surface area contributed by atoms with Crippen molar-refractivity contribution < 1.29 is 19.0 Å². The van der Waals surface area contributed by atoms with Crippen LogP contribution in [0.5, 0.6) is 5.75 Å². The van der Waals surface area contributed by atoms with Crippen LogP contribution in [0.2, 0.25) is 0 Å². The first-order valence-corrected chi connectivity index (χ1v) is 13.2. The predicted molar refractivity (Wildman–Crippen MR) is 153 cm³/mol. The molecule has 2 aliphatic heterocycles. The van der Waals surface area contributed by atoms with Crippen LogP contribution in [-0.4, -0.2) is 37.3 Å². The fourth-order valence-electron chi connectivity index (χ4n) is 4.51. The lowest BCUT2D eigenvalue weighted by molar-refractivity contribution is -0.138. The Morgan fingerprint density at radius 1 is 1.23 bits per heavy atom.